The molecule has 3 aromatic rings. The third-order valence-electron chi connectivity index (χ3n) is 6.07. The molecule has 0 nitrogen and oxygen atoms in total. The van der Waals surface area contributed by atoms with Gasteiger partial charge in [-0.2, -0.15) is 0 Å². The van der Waals surface area contributed by atoms with Crippen molar-refractivity contribution in [2.24, 2.45) is 0 Å². The maximum atomic E-state index is 3.66. The van der Waals surface area contributed by atoms with Gasteiger partial charge in [-0.25, -0.2) is 0 Å². The van der Waals surface area contributed by atoms with Gasteiger partial charge in [-0.15, -0.1) is 0 Å². The minimum absolute atomic E-state index is 0.765. The van der Waals surface area contributed by atoms with Crippen molar-refractivity contribution in [2.75, 3.05) is 0 Å². The van der Waals surface area contributed by atoms with Crippen molar-refractivity contribution in [3.05, 3.63) is 114 Å². The molecule has 0 aromatic heterocycles. The summed E-state index contributed by atoms with van der Waals surface area (Å²) in [7, 11) is 0. The second-order valence-corrected chi connectivity index (χ2v) is 20.5. The van der Waals surface area contributed by atoms with Gasteiger partial charge in [-0.3, -0.25) is 0 Å². The number of fused-ring (bicyclic) bond motifs is 3. The predicted octanol–water partition coefficient (Wildman–Crippen LogP) is 7.82. The van der Waals surface area contributed by atoms with Crippen LogP contribution in [-0.2, 0) is 16.1 Å². The fraction of sp³-hybridized carbons (Fsp3) is 0.185. The Labute approximate surface area is 180 Å². The topological polar surface area (TPSA) is 0 Å². The third kappa shape index (κ3) is 4.27. The van der Waals surface area contributed by atoms with Crippen molar-refractivity contribution in [1.82, 2.24) is 0 Å². The zero-order valence-electron chi connectivity index (χ0n) is 17.4. The molecular weight excluding hydrogens is 403 g/mol. The summed E-state index contributed by atoms with van der Waals surface area (Å²) in [5.74, 6) is 0. The molecule has 1 atom stereocenters. The Hall–Kier alpha value is -1.72. The second kappa shape index (κ2) is 8.57. The molecule has 0 amide bonds. The summed E-state index contributed by atoms with van der Waals surface area (Å²) in [6.45, 7) is 12.3. The molecule has 1 saturated heterocycles. The molecule has 0 saturated carbocycles. The molecule has 1 fully saturated rings. The normalized spacial score (nSPS) is 15.9. The van der Waals surface area contributed by atoms with Crippen LogP contribution in [0, 0.1) is 0 Å². The van der Waals surface area contributed by atoms with Crippen LogP contribution < -0.4 is 5.30 Å². The summed E-state index contributed by atoms with van der Waals surface area (Å²) in [4.78, 5) is 0. The van der Waals surface area contributed by atoms with E-state index < -0.39 is 16.1 Å². The molecule has 2 heteroatoms. The first-order valence-electron chi connectivity index (χ1n) is 10.3. The zero-order valence-corrected chi connectivity index (χ0v) is 20.0. The SMILES string of the molecule is C=C(C)C(=C)C.c1ccc([PH][Ti]2([CH]3c4ccccc4-c4ccccc43)[CH2][CH2]2)cc1. The average molecular weight is 432 g/mol. The number of allylic oxidation sites excluding steroid dienone is 2. The zero-order chi connectivity index (χ0) is 20.4. The standard InChI is InChI=1S/C13H9.C6H6P.C6H10.C2H4.Ti/c1-3-7-12-10(5-1)9-11-6-2-4-8-13(11)12;7-6-4-2-1-3-5-6;1-5(2)6(3)4;1-2;/h1-9H;1-5,7H;1,3H2,2,4H3;1-2H2;/q;-1;;;+1. The van der Waals surface area contributed by atoms with Crippen LogP contribution >= 0.6 is 6.57 Å². The van der Waals surface area contributed by atoms with Crippen LogP contribution in [-0.4, -0.2) is 0 Å². The van der Waals surface area contributed by atoms with Gasteiger partial charge in [0.25, 0.3) is 0 Å². The Morgan fingerprint density at radius 2 is 1.17 bits per heavy atom. The number of hydrogen-bond acceptors (Lipinski definition) is 0. The van der Waals surface area contributed by atoms with Gasteiger partial charge in [0.15, 0.2) is 0 Å². The summed E-state index contributed by atoms with van der Waals surface area (Å²) >= 11 is -1.83. The molecule has 146 valence electrons. The van der Waals surface area contributed by atoms with Crippen molar-refractivity contribution in [2.45, 2.75) is 27.5 Å². The van der Waals surface area contributed by atoms with E-state index in [2.05, 4.69) is 92.0 Å². The van der Waals surface area contributed by atoms with Crippen LogP contribution in [0.25, 0.3) is 11.1 Å². The van der Waals surface area contributed by atoms with Gasteiger partial charge in [0.1, 0.15) is 0 Å². The number of benzene rings is 3. The van der Waals surface area contributed by atoms with Gasteiger partial charge in [-0.05, 0) is 13.8 Å². The Morgan fingerprint density at radius 1 is 0.724 bits per heavy atom. The average Bonchev–Trinajstić information content (AvgIpc) is 3.41. The molecule has 1 aliphatic carbocycles. The van der Waals surface area contributed by atoms with E-state index in [1.54, 1.807) is 25.9 Å². The molecule has 0 N–H and O–H groups in total. The van der Waals surface area contributed by atoms with E-state index in [0.717, 1.165) is 21.9 Å². The summed E-state index contributed by atoms with van der Waals surface area (Å²) < 4.78 is 3.85. The molecule has 0 spiro atoms. The van der Waals surface area contributed by atoms with Crippen LogP contribution in [0.2, 0.25) is 9.45 Å². The first kappa shape index (κ1) is 20.6. The van der Waals surface area contributed by atoms with E-state index in [9.17, 15) is 0 Å². The summed E-state index contributed by atoms with van der Waals surface area (Å²) in [5, 5.41) is 1.59. The summed E-state index contributed by atoms with van der Waals surface area (Å²) in [6, 6.07) is 29.6. The maximum absolute atomic E-state index is 3.66. The third-order valence-corrected chi connectivity index (χ3v) is 19.3. The van der Waals surface area contributed by atoms with E-state index in [1.165, 1.54) is 11.1 Å². The molecule has 2 aliphatic rings. The fourth-order valence-corrected chi connectivity index (χ4v) is 19.9. The Kier molecular flexibility index (Phi) is 6.07. The first-order chi connectivity index (χ1) is 14.0. The van der Waals surface area contributed by atoms with Gasteiger partial charge >= 0.3 is 143 Å². The molecular formula is C27H29PTi. The summed E-state index contributed by atoms with van der Waals surface area (Å²) in [5.41, 5.74) is 8.40. The van der Waals surface area contributed by atoms with E-state index in [-0.39, 0.29) is 0 Å². The minimum atomic E-state index is -1.83. The summed E-state index contributed by atoms with van der Waals surface area (Å²) in [6.07, 6.45) is 0. The quantitative estimate of drug-likeness (QED) is 0.224. The van der Waals surface area contributed by atoms with Gasteiger partial charge < -0.3 is 0 Å². The fourth-order valence-electron chi connectivity index (χ4n) is 4.18. The number of hydrogen-bond donors (Lipinski definition) is 0. The van der Waals surface area contributed by atoms with Crippen LogP contribution in [0.5, 0.6) is 0 Å². The van der Waals surface area contributed by atoms with Gasteiger partial charge in [0, 0.05) is 0 Å². The molecule has 29 heavy (non-hydrogen) atoms. The van der Waals surface area contributed by atoms with Crippen LogP contribution in [0.1, 0.15) is 29.2 Å². The first-order valence-corrected chi connectivity index (χ1v) is 16.8. The van der Waals surface area contributed by atoms with E-state index in [0.29, 0.717) is 0 Å². The number of rotatable bonds is 4. The monoisotopic (exact) mass is 432 g/mol. The van der Waals surface area contributed by atoms with Crippen molar-refractivity contribution in [1.29, 1.82) is 0 Å². The van der Waals surface area contributed by atoms with E-state index >= 15 is 0 Å². The molecule has 1 unspecified atom stereocenters. The Bertz CT molecular complexity index is 989. The van der Waals surface area contributed by atoms with Crippen LogP contribution in [0.3, 0.4) is 0 Å². The van der Waals surface area contributed by atoms with Gasteiger partial charge in [0.05, 0.1) is 0 Å². The van der Waals surface area contributed by atoms with Crippen molar-refractivity contribution >= 4 is 11.9 Å². The van der Waals surface area contributed by atoms with Crippen molar-refractivity contribution < 1.29 is 16.1 Å². The molecule has 0 radical (unpaired) electrons. The Balaban J connectivity index is 0.000000302. The van der Waals surface area contributed by atoms with E-state index in [1.807, 2.05) is 13.8 Å². The predicted molar refractivity (Wildman–Crippen MR) is 127 cm³/mol. The van der Waals surface area contributed by atoms with Crippen molar-refractivity contribution in [3.8, 4) is 11.1 Å². The van der Waals surface area contributed by atoms with Gasteiger partial charge in [0.2, 0.25) is 0 Å². The van der Waals surface area contributed by atoms with Gasteiger partial charge in [-0.1, -0.05) is 24.3 Å². The van der Waals surface area contributed by atoms with Crippen LogP contribution in [0.15, 0.2) is 103 Å². The Morgan fingerprint density at radius 3 is 1.62 bits per heavy atom. The molecule has 5 rings (SSSR count). The molecule has 0 bridgehead atoms. The molecule has 3 aromatic carbocycles. The molecule has 1 heterocycles. The molecule has 1 aliphatic heterocycles. The van der Waals surface area contributed by atoms with Crippen LogP contribution in [0.4, 0.5) is 0 Å². The van der Waals surface area contributed by atoms with Crippen molar-refractivity contribution in [3.63, 3.8) is 0 Å². The van der Waals surface area contributed by atoms with E-state index in [4.69, 9.17) is 0 Å². The second-order valence-electron chi connectivity index (χ2n) is 8.32.